The first-order valence-electron chi connectivity index (χ1n) is 5.37. The summed E-state index contributed by atoms with van der Waals surface area (Å²) >= 11 is 0. The summed E-state index contributed by atoms with van der Waals surface area (Å²) < 4.78 is 18.2. The lowest BCUT2D eigenvalue weighted by molar-refractivity contribution is 0.237. The minimum Gasteiger partial charge on any atom is -0.491 e. The van der Waals surface area contributed by atoms with Crippen LogP contribution < -0.4 is 4.74 Å². The molecular formula is C12H15FNO. The topological polar surface area (TPSA) is 12.5 Å². The number of nitrogens with zero attached hydrogens (tertiary/aromatic N) is 1. The van der Waals surface area contributed by atoms with E-state index in [1.54, 1.807) is 6.07 Å². The lowest BCUT2D eigenvalue weighted by atomic mass is 10.3. The average molecular weight is 208 g/mol. The van der Waals surface area contributed by atoms with Crippen LogP contribution in [0, 0.1) is 11.9 Å². The number of halogens is 1. The molecule has 1 fully saturated rings. The van der Waals surface area contributed by atoms with E-state index in [0.717, 1.165) is 19.6 Å². The predicted molar refractivity (Wildman–Crippen MR) is 56.4 cm³/mol. The third-order valence-electron chi connectivity index (χ3n) is 2.60. The fourth-order valence-corrected chi connectivity index (χ4v) is 1.79. The van der Waals surface area contributed by atoms with Gasteiger partial charge in [0.15, 0.2) is 0 Å². The number of benzene rings is 1. The zero-order chi connectivity index (χ0) is 10.5. The normalized spacial score (nSPS) is 16.9. The lowest BCUT2D eigenvalue weighted by Crippen LogP contribution is -2.25. The molecule has 1 heterocycles. The molecule has 15 heavy (non-hydrogen) atoms. The van der Waals surface area contributed by atoms with E-state index in [-0.39, 0.29) is 5.82 Å². The number of rotatable bonds is 4. The summed E-state index contributed by atoms with van der Waals surface area (Å²) in [6.45, 7) is 3.86. The second-order valence-electron chi connectivity index (χ2n) is 3.77. The van der Waals surface area contributed by atoms with Crippen LogP contribution >= 0.6 is 0 Å². The first-order valence-corrected chi connectivity index (χ1v) is 5.37. The molecule has 1 aliphatic rings. The molecule has 2 nitrogen and oxygen atoms in total. The van der Waals surface area contributed by atoms with Gasteiger partial charge in [0.1, 0.15) is 18.2 Å². The summed E-state index contributed by atoms with van der Waals surface area (Å²) in [6.07, 6.45) is 2.57. The van der Waals surface area contributed by atoms with Gasteiger partial charge in [0.25, 0.3) is 0 Å². The molecule has 81 valence electrons. The smallest absolute Gasteiger partial charge is 0.130 e. The van der Waals surface area contributed by atoms with Crippen LogP contribution in [0.3, 0.4) is 0 Å². The molecule has 0 amide bonds. The van der Waals surface area contributed by atoms with E-state index in [9.17, 15) is 4.39 Å². The monoisotopic (exact) mass is 208 g/mol. The summed E-state index contributed by atoms with van der Waals surface area (Å²) in [6, 6.07) is 7.13. The highest BCUT2D eigenvalue weighted by atomic mass is 19.1. The quantitative estimate of drug-likeness (QED) is 0.751. The second kappa shape index (κ2) is 5.12. The van der Waals surface area contributed by atoms with Crippen molar-refractivity contribution in [1.82, 2.24) is 4.90 Å². The number of likely N-dealkylation sites (tertiary alicyclic amines) is 1. The molecule has 0 saturated carbocycles. The van der Waals surface area contributed by atoms with Crippen LogP contribution in [0.15, 0.2) is 18.2 Å². The first kappa shape index (κ1) is 10.4. The maximum absolute atomic E-state index is 12.8. The third-order valence-corrected chi connectivity index (χ3v) is 2.60. The van der Waals surface area contributed by atoms with Crippen LogP contribution in [-0.4, -0.2) is 31.1 Å². The maximum atomic E-state index is 12.8. The van der Waals surface area contributed by atoms with Crippen LogP contribution in [-0.2, 0) is 0 Å². The molecule has 0 bridgehead atoms. The van der Waals surface area contributed by atoms with Gasteiger partial charge in [-0.3, -0.25) is 4.90 Å². The van der Waals surface area contributed by atoms with Crippen LogP contribution in [0.2, 0.25) is 0 Å². The highest BCUT2D eigenvalue weighted by Crippen LogP contribution is 2.11. The molecule has 0 unspecified atom stereocenters. The van der Waals surface area contributed by atoms with E-state index < -0.39 is 0 Å². The molecule has 1 saturated heterocycles. The second-order valence-corrected chi connectivity index (χ2v) is 3.77. The highest BCUT2D eigenvalue weighted by molar-refractivity contribution is 5.20. The van der Waals surface area contributed by atoms with Crippen molar-refractivity contribution in [3.8, 4) is 5.75 Å². The van der Waals surface area contributed by atoms with Crippen molar-refractivity contribution in [3.05, 3.63) is 30.1 Å². The van der Waals surface area contributed by atoms with Crippen LogP contribution in [0.25, 0.3) is 0 Å². The minimum absolute atomic E-state index is 0.273. The van der Waals surface area contributed by atoms with E-state index in [0.29, 0.717) is 12.4 Å². The molecule has 3 heteroatoms. The third kappa shape index (κ3) is 3.20. The van der Waals surface area contributed by atoms with E-state index >= 15 is 0 Å². The lowest BCUT2D eigenvalue weighted by Gasteiger charge is -2.14. The molecular weight excluding hydrogens is 193 g/mol. The summed E-state index contributed by atoms with van der Waals surface area (Å²) in [4.78, 5) is 2.36. The average Bonchev–Trinajstić information content (AvgIpc) is 2.71. The SMILES string of the molecule is Fc1cc[c]c(OCCN2CCCC2)c1. The zero-order valence-corrected chi connectivity index (χ0v) is 8.71. The molecule has 0 aromatic heterocycles. The maximum Gasteiger partial charge on any atom is 0.130 e. The van der Waals surface area contributed by atoms with Gasteiger partial charge in [-0.15, -0.1) is 0 Å². The Morgan fingerprint density at radius 2 is 2.20 bits per heavy atom. The van der Waals surface area contributed by atoms with E-state index in [4.69, 9.17) is 4.74 Å². The van der Waals surface area contributed by atoms with Crippen molar-refractivity contribution >= 4 is 0 Å². The Morgan fingerprint density at radius 3 is 2.93 bits per heavy atom. The molecule has 1 aliphatic heterocycles. The minimum atomic E-state index is -0.273. The molecule has 0 aliphatic carbocycles. The first-order chi connectivity index (χ1) is 7.34. The Labute approximate surface area is 89.7 Å². The number of hydrogen-bond donors (Lipinski definition) is 0. The fourth-order valence-electron chi connectivity index (χ4n) is 1.79. The van der Waals surface area contributed by atoms with Gasteiger partial charge in [0.2, 0.25) is 0 Å². The molecule has 2 rings (SSSR count). The number of ether oxygens (including phenoxy) is 1. The largest absolute Gasteiger partial charge is 0.491 e. The van der Waals surface area contributed by atoms with Crippen molar-refractivity contribution < 1.29 is 9.13 Å². The molecule has 0 atom stereocenters. The Balaban J connectivity index is 1.73. The van der Waals surface area contributed by atoms with Crippen molar-refractivity contribution in [2.24, 2.45) is 0 Å². The fraction of sp³-hybridized carbons (Fsp3) is 0.500. The molecule has 0 spiro atoms. The molecule has 1 radical (unpaired) electrons. The van der Waals surface area contributed by atoms with Gasteiger partial charge in [-0.2, -0.15) is 0 Å². The van der Waals surface area contributed by atoms with Gasteiger partial charge in [0.05, 0.1) is 0 Å². The standard InChI is InChI=1S/C12H15FNO/c13-11-4-3-5-12(10-11)15-9-8-14-6-1-2-7-14/h3-4,10H,1-2,6-9H2. The van der Waals surface area contributed by atoms with E-state index in [2.05, 4.69) is 11.0 Å². The van der Waals surface area contributed by atoms with Gasteiger partial charge in [-0.05, 0) is 38.1 Å². The highest BCUT2D eigenvalue weighted by Gasteiger charge is 2.10. The van der Waals surface area contributed by atoms with E-state index in [1.165, 1.54) is 25.0 Å². The Morgan fingerprint density at radius 1 is 1.40 bits per heavy atom. The predicted octanol–water partition coefficient (Wildman–Crippen LogP) is 2.10. The molecule has 1 aromatic rings. The number of hydrogen-bond acceptors (Lipinski definition) is 2. The molecule has 1 aromatic carbocycles. The van der Waals surface area contributed by atoms with Crippen LogP contribution in [0.5, 0.6) is 5.75 Å². The van der Waals surface area contributed by atoms with Crippen molar-refractivity contribution in [3.63, 3.8) is 0 Å². The van der Waals surface area contributed by atoms with Gasteiger partial charge in [-0.1, -0.05) is 0 Å². The zero-order valence-electron chi connectivity index (χ0n) is 8.71. The molecule has 0 N–H and O–H groups in total. The summed E-state index contributed by atoms with van der Waals surface area (Å²) in [5.74, 6) is 0.221. The van der Waals surface area contributed by atoms with Gasteiger partial charge in [0, 0.05) is 18.7 Å². The van der Waals surface area contributed by atoms with E-state index in [1.807, 2.05) is 0 Å². The van der Waals surface area contributed by atoms with Gasteiger partial charge < -0.3 is 4.74 Å². The van der Waals surface area contributed by atoms with Crippen molar-refractivity contribution in [1.29, 1.82) is 0 Å². The summed E-state index contributed by atoms with van der Waals surface area (Å²) in [5, 5.41) is 0. The van der Waals surface area contributed by atoms with Crippen LogP contribution in [0.1, 0.15) is 12.8 Å². The van der Waals surface area contributed by atoms with Gasteiger partial charge >= 0.3 is 0 Å². The van der Waals surface area contributed by atoms with Crippen LogP contribution in [0.4, 0.5) is 4.39 Å². The summed E-state index contributed by atoms with van der Waals surface area (Å²) in [7, 11) is 0. The Hall–Kier alpha value is -1.09. The Bertz CT molecular complexity index is 310. The van der Waals surface area contributed by atoms with Crippen molar-refractivity contribution in [2.75, 3.05) is 26.2 Å². The summed E-state index contributed by atoms with van der Waals surface area (Å²) in [5.41, 5.74) is 0. The Kier molecular flexibility index (Phi) is 3.56. The van der Waals surface area contributed by atoms with Gasteiger partial charge in [-0.25, -0.2) is 4.39 Å². The van der Waals surface area contributed by atoms with Crippen molar-refractivity contribution in [2.45, 2.75) is 12.8 Å².